The monoisotopic (exact) mass is 432 g/mol. The molecular formula is C19H15F3N6O3. The Labute approximate surface area is 172 Å². The van der Waals surface area contributed by atoms with Gasteiger partial charge >= 0.3 is 11.9 Å². The molecule has 0 aliphatic carbocycles. The van der Waals surface area contributed by atoms with Crippen molar-refractivity contribution in [3.63, 3.8) is 0 Å². The van der Waals surface area contributed by atoms with E-state index in [-0.39, 0.29) is 17.3 Å². The molecule has 3 aromatic heterocycles. The number of aryl methyl sites for hydroxylation is 2. The van der Waals surface area contributed by atoms with Crippen LogP contribution in [-0.2, 0) is 17.5 Å². The van der Waals surface area contributed by atoms with Crippen molar-refractivity contribution in [2.75, 3.05) is 5.32 Å². The lowest BCUT2D eigenvalue weighted by atomic mass is 10.1. The first kappa shape index (κ1) is 20.3. The highest BCUT2D eigenvalue weighted by atomic mass is 19.4. The molecule has 0 atom stereocenters. The van der Waals surface area contributed by atoms with Gasteiger partial charge in [0.2, 0.25) is 5.91 Å². The van der Waals surface area contributed by atoms with E-state index in [9.17, 15) is 22.8 Å². The molecule has 4 rings (SSSR count). The van der Waals surface area contributed by atoms with E-state index in [4.69, 9.17) is 4.52 Å². The number of hydrogen-bond acceptors (Lipinski definition) is 6. The zero-order valence-corrected chi connectivity index (χ0v) is 16.3. The number of anilines is 1. The van der Waals surface area contributed by atoms with Crippen molar-refractivity contribution >= 4 is 17.4 Å². The van der Waals surface area contributed by atoms with E-state index in [2.05, 4.69) is 20.6 Å². The van der Waals surface area contributed by atoms with Gasteiger partial charge in [-0.15, -0.1) is 5.10 Å². The van der Waals surface area contributed by atoms with Crippen LogP contribution in [0.5, 0.6) is 0 Å². The van der Waals surface area contributed by atoms with Crippen molar-refractivity contribution < 1.29 is 22.5 Å². The van der Waals surface area contributed by atoms with E-state index >= 15 is 0 Å². The molecule has 160 valence electrons. The van der Waals surface area contributed by atoms with Gasteiger partial charge in [0.15, 0.2) is 11.5 Å². The largest absolute Gasteiger partial charge is 0.416 e. The van der Waals surface area contributed by atoms with Gasteiger partial charge in [-0.25, -0.2) is 18.9 Å². The molecule has 0 saturated carbocycles. The van der Waals surface area contributed by atoms with Gasteiger partial charge in [-0.3, -0.25) is 4.79 Å². The van der Waals surface area contributed by atoms with E-state index in [1.54, 1.807) is 13.8 Å². The van der Waals surface area contributed by atoms with Crippen LogP contribution in [0.25, 0.3) is 17.0 Å². The van der Waals surface area contributed by atoms with E-state index in [1.165, 1.54) is 24.3 Å². The summed E-state index contributed by atoms with van der Waals surface area (Å²) in [6.07, 6.45) is -4.48. The summed E-state index contributed by atoms with van der Waals surface area (Å²) in [6.45, 7) is 2.92. The highest BCUT2D eigenvalue weighted by Gasteiger charge is 2.30. The lowest BCUT2D eigenvalue weighted by Crippen LogP contribution is -2.28. The van der Waals surface area contributed by atoms with Gasteiger partial charge < -0.3 is 9.84 Å². The van der Waals surface area contributed by atoms with Crippen LogP contribution in [-0.4, -0.2) is 30.2 Å². The summed E-state index contributed by atoms with van der Waals surface area (Å²) in [4.78, 5) is 29.4. The first-order valence-corrected chi connectivity index (χ1v) is 9.00. The molecule has 1 aromatic carbocycles. The van der Waals surface area contributed by atoms with Crippen LogP contribution in [0, 0.1) is 13.8 Å². The molecule has 0 aliphatic rings. The van der Waals surface area contributed by atoms with Crippen molar-refractivity contribution in [3.8, 4) is 11.4 Å². The summed E-state index contributed by atoms with van der Waals surface area (Å²) in [5, 5.41) is 10.3. The minimum absolute atomic E-state index is 0.118. The number of carbonyl (C=O) groups is 1. The van der Waals surface area contributed by atoms with Gasteiger partial charge in [-0.1, -0.05) is 17.3 Å². The average Bonchev–Trinajstić information content (AvgIpc) is 3.23. The molecule has 12 heteroatoms. The molecule has 9 nitrogen and oxygen atoms in total. The number of nitrogens with one attached hydrogen (secondary N) is 1. The summed E-state index contributed by atoms with van der Waals surface area (Å²) in [5.41, 5.74) is -0.475. The van der Waals surface area contributed by atoms with Gasteiger partial charge in [0.25, 0.3) is 0 Å². The predicted octanol–water partition coefficient (Wildman–Crippen LogP) is 2.82. The van der Waals surface area contributed by atoms with Crippen LogP contribution in [0.1, 0.15) is 17.0 Å². The number of halogens is 3. The number of fused-ring (bicyclic) bond motifs is 1. The van der Waals surface area contributed by atoms with Crippen molar-refractivity contribution in [1.29, 1.82) is 0 Å². The van der Waals surface area contributed by atoms with Crippen LogP contribution in [0.15, 0.2) is 45.7 Å². The molecule has 0 radical (unpaired) electrons. The molecule has 31 heavy (non-hydrogen) atoms. The predicted molar refractivity (Wildman–Crippen MR) is 102 cm³/mol. The standard InChI is InChI=1S/C19H15F3N6O3/c1-10-7-15-25-27(9-16(29)24-14-8-11(2)31-26-14)18(30)28(15)17(23-10)12-3-5-13(6-4-12)19(20,21)22/h3-8H,9H2,1-2H3,(H,24,26,29). The van der Waals surface area contributed by atoms with Crippen LogP contribution in [0.4, 0.5) is 19.0 Å². The zero-order valence-electron chi connectivity index (χ0n) is 16.3. The Balaban J connectivity index is 1.70. The molecule has 1 N–H and O–H groups in total. The van der Waals surface area contributed by atoms with Gasteiger partial charge in [0, 0.05) is 23.4 Å². The van der Waals surface area contributed by atoms with Crippen LogP contribution < -0.4 is 11.0 Å². The fraction of sp³-hybridized carbons (Fsp3) is 0.211. The van der Waals surface area contributed by atoms with E-state index in [0.29, 0.717) is 17.0 Å². The normalized spacial score (nSPS) is 11.8. The number of rotatable bonds is 4. The van der Waals surface area contributed by atoms with Gasteiger partial charge in [-0.05, 0) is 26.0 Å². The molecule has 0 bridgehead atoms. The smallest absolute Gasteiger partial charge is 0.360 e. The Hall–Kier alpha value is -3.96. The third kappa shape index (κ3) is 4.04. The highest BCUT2D eigenvalue weighted by molar-refractivity contribution is 5.89. The van der Waals surface area contributed by atoms with Crippen LogP contribution >= 0.6 is 0 Å². The third-order valence-corrected chi connectivity index (χ3v) is 4.36. The highest BCUT2D eigenvalue weighted by Crippen LogP contribution is 2.30. The summed E-state index contributed by atoms with van der Waals surface area (Å²) in [7, 11) is 0. The Kier molecular flexibility index (Phi) is 4.84. The Morgan fingerprint density at radius 3 is 2.48 bits per heavy atom. The summed E-state index contributed by atoms with van der Waals surface area (Å²) in [6, 6.07) is 7.33. The number of aromatic nitrogens is 5. The molecule has 0 fully saturated rings. The number of hydrogen-bond donors (Lipinski definition) is 1. The molecule has 3 heterocycles. The lowest BCUT2D eigenvalue weighted by Gasteiger charge is -2.08. The molecule has 0 aliphatic heterocycles. The first-order chi connectivity index (χ1) is 14.6. The van der Waals surface area contributed by atoms with E-state index in [0.717, 1.165) is 21.2 Å². The maximum absolute atomic E-state index is 12.9. The summed E-state index contributed by atoms with van der Waals surface area (Å²) < 4.78 is 45.5. The van der Waals surface area contributed by atoms with Crippen LogP contribution in [0.3, 0.4) is 0 Å². The van der Waals surface area contributed by atoms with Crippen molar-refractivity contribution in [1.82, 2.24) is 24.3 Å². The summed E-state index contributed by atoms with van der Waals surface area (Å²) >= 11 is 0. The second-order valence-electron chi connectivity index (χ2n) is 6.80. The quantitative estimate of drug-likeness (QED) is 0.532. The van der Waals surface area contributed by atoms with Crippen molar-refractivity contribution in [2.45, 2.75) is 26.6 Å². The first-order valence-electron chi connectivity index (χ1n) is 9.00. The maximum Gasteiger partial charge on any atom is 0.416 e. The van der Waals surface area contributed by atoms with E-state index in [1.807, 2.05) is 0 Å². The second-order valence-corrected chi connectivity index (χ2v) is 6.80. The average molecular weight is 432 g/mol. The zero-order chi connectivity index (χ0) is 22.3. The van der Waals surface area contributed by atoms with Crippen LogP contribution in [0.2, 0.25) is 0 Å². The Bertz CT molecular complexity index is 1330. The number of amides is 1. The molecule has 0 spiro atoms. The van der Waals surface area contributed by atoms with Gasteiger partial charge in [0.05, 0.1) is 5.56 Å². The van der Waals surface area contributed by atoms with Crippen molar-refractivity contribution in [3.05, 3.63) is 63.9 Å². The fourth-order valence-corrected chi connectivity index (χ4v) is 3.00. The summed E-state index contributed by atoms with van der Waals surface area (Å²) in [5.74, 6) is 0.261. The third-order valence-electron chi connectivity index (χ3n) is 4.36. The number of alkyl halides is 3. The Morgan fingerprint density at radius 2 is 1.87 bits per heavy atom. The second kappa shape index (κ2) is 7.38. The van der Waals surface area contributed by atoms with Gasteiger partial charge in [-0.2, -0.15) is 13.2 Å². The molecule has 0 unspecified atom stereocenters. The van der Waals surface area contributed by atoms with Crippen molar-refractivity contribution in [2.24, 2.45) is 0 Å². The van der Waals surface area contributed by atoms with Gasteiger partial charge in [0.1, 0.15) is 18.1 Å². The Morgan fingerprint density at radius 1 is 1.16 bits per heavy atom. The molecular weight excluding hydrogens is 417 g/mol. The number of benzene rings is 1. The maximum atomic E-state index is 12.9. The molecule has 4 aromatic rings. The SMILES string of the molecule is Cc1cc2nn(CC(=O)Nc3cc(C)on3)c(=O)n2c(-c2ccc(C(F)(F)F)cc2)n1. The minimum Gasteiger partial charge on any atom is -0.360 e. The van der Waals surface area contributed by atoms with E-state index < -0.39 is 29.9 Å². The molecule has 1 amide bonds. The lowest BCUT2D eigenvalue weighted by molar-refractivity contribution is -0.137. The number of nitrogens with zero attached hydrogens (tertiary/aromatic N) is 5. The minimum atomic E-state index is -4.48. The fourth-order valence-electron chi connectivity index (χ4n) is 3.00. The topological polar surface area (TPSA) is 107 Å². The molecule has 0 saturated heterocycles. The number of carbonyl (C=O) groups excluding carboxylic acids is 1.